The molecule has 0 bridgehead atoms. The lowest BCUT2D eigenvalue weighted by Crippen LogP contribution is -2.23. The van der Waals surface area contributed by atoms with Gasteiger partial charge in [0.1, 0.15) is 0 Å². The molecule has 1 aliphatic rings. The van der Waals surface area contributed by atoms with E-state index in [9.17, 15) is 9.11 Å². The molecule has 4 nitrogen and oxygen atoms in total. The van der Waals surface area contributed by atoms with Crippen LogP contribution in [0.2, 0.25) is 0 Å². The molecule has 0 amide bonds. The molecule has 0 unspecified atom stereocenters. The van der Waals surface area contributed by atoms with Crippen molar-refractivity contribution < 1.29 is 9.11 Å². The zero-order valence-corrected chi connectivity index (χ0v) is 9.20. The third kappa shape index (κ3) is 3.69. The lowest BCUT2D eigenvalue weighted by molar-refractivity contribution is 0.457. The van der Waals surface area contributed by atoms with Crippen LogP contribution in [0.3, 0.4) is 0 Å². The van der Waals surface area contributed by atoms with Crippen LogP contribution in [-0.4, -0.2) is 32.9 Å². The second kappa shape index (κ2) is 4.82. The zero-order chi connectivity index (χ0) is 10.6. The van der Waals surface area contributed by atoms with Crippen molar-refractivity contribution in [3.8, 4) is 0 Å². The van der Waals surface area contributed by atoms with Crippen LogP contribution in [0.1, 0.15) is 19.8 Å². The highest BCUT2D eigenvalue weighted by atomic mass is 32.3. The molecule has 1 aliphatic heterocycles. The van der Waals surface area contributed by atoms with E-state index in [0.29, 0.717) is 11.5 Å². The molecule has 0 spiro atoms. The SMILES string of the molecule is C/C(C=NC1CCS(O)(O)CC1)=C/N. The summed E-state index contributed by atoms with van der Waals surface area (Å²) in [6.07, 6.45) is 4.79. The number of nitrogens with two attached hydrogens (primary N) is 1. The highest BCUT2D eigenvalue weighted by Gasteiger charge is 2.22. The van der Waals surface area contributed by atoms with Crippen LogP contribution in [0, 0.1) is 0 Å². The Hall–Kier alpha value is -0.520. The summed E-state index contributed by atoms with van der Waals surface area (Å²) in [6, 6.07) is 0.227. The maximum atomic E-state index is 9.37. The molecule has 14 heavy (non-hydrogen) atoms. The van der Waals surface area contributed by atoms with Crippen LogP contribution in [0.15, 0.2) is 16.8 Å². The third-order valence-electron chi connectivity index (χ3n) is 2.31. The second-order valence-electron chi connectivity index (χ2n) is 3.63. The summed E-state index contributed by atoms with van der Waals surface area (Å²) < 4.78 is 18.7. The van der Waals surface area contributed by atoms with Gasteiger partial charge >= 0.3 is 0 Å². The van der Waals surface area contributed by atoms with Crippen LogP contribution in [0.25, 0.3) is 0 Å². The second-order valence-corrected chi connectivity index (χ2v) is 6.05. The molecule has 0 aromatic heterocycles. The summed E-state index contributed by atoms with van der Waals surface area (Å²) in [7, 11) is -2.27. The van der Waals surface area contributed by atoms with Gasteiger partial charge in [-0.05, 0) is 31.5 Å². The van der Waals surface area contributed by atoms with Gasteiger partial charge in [-0.25, -0.2) is 0 Å². The normalized spacial score (nSPS) is 26.6. The highest BCUT2D eigenvalue weighted by molar-refractivity contribution is 8.24. The molecular weight excluding hydrogens is 200 g/mol. The van der Waals surface area contributed by atoms with E-state index in [0.717, 1.165) is 18.4 Å². The molecule has 1 fully saturated rings. The third-order valence-corrected chi connectivity index (χ3v) is 4.09. The molecule has 0 aromatic rings. The number of hydrogen-bond donors (Lipinski definition) is 3. The van der Waals surface area contributed by atoms with Gasteiger partial charge in [-0.3, -0.25) is 14.1 Å². The van der Waals surface area contributed by atoms with Crippen LogP contribution in [-0.2, 0) is 0 Å². The number of aliphatic imine (C=N–C) groups is 1. The summed E-state index contributed by atoms with van der Waals surface area (Å²) in [5.74, 6) is 0.973. The van der Waals surface area contributed by atoms with Gasteiger partial charge in [-0.2, -0.15) is 10.6 Å². The number of allylic oxidation sites excluding steroid dienone is 1. The van der Waals surface area contributed by atoms with Crippen molar-refractivity contribution in [2.75, 3.05) is 11.5 Å². The van der Waals surface area contributed by atoms with Crippen molar-refractivity contribution in [2.24, 2.45) is 10.7 Å². The average Bonchev–Trinajstić information content (AvgIpc) is 2.16. The number of nitrogens with zero attached hydrogens (tertiary/aromatic N) is 1. The van der Waals surface area contributed by atoms with Crippen molar-refractivity contribution in [3.63, 3.8) is 0 Å². The van der Waals surface area contributed by atoms with Crippen molar-refractivity contribution in [2.45, 2.75) is 25.8 Å². The van der Waals surface area contributed by atoms with Gasteiger partial charge in [-0.15, -0.1) is 0 Å². The zero-order valence-electron chi connectivity index (χ0n) is 8.39. The van der Waals surface area contributed by atoms with Crippen LogP contribution in [0.4, 0.5) is 0 Å². The Balaban J connectivity index is 2.40. The summed E-state index contributed by atoms with van der Waals surface area (Å²) in [4.78, 5) is 4.34. The molecule has 1 saturated heterocycles. The van der Waals surface area contributed by atoms with Gasteiger partial charge in [0, 0.05) is 17.7 Å². The minimum absolute atomic E-state index is 0.227. The molecule has 1 heterocycles. The molecule has 82 valence electrons. The van der Waals surface area contributed by atoms with E-state index < -0.39 is 10.6 Å². The van der Waals surface area contributed by atoms with E-state index in [1.165, 1.54) is 6.20 Å². The van der Waals surface area contributed by atoms with E-state index in [1.807, 2.05) is 6.92 Å². The summed E-state index contributed by atoms with van der Waals surface area (Å²) >= 11 is 0. The maximum absolute atomic E-state index is 9.37. The molecule has 5 heteroatoms. The van der Waals surface area contributed by atoms with E-state index >= 15 is 0 Å². The first kappa shape index (κ1) is 11.6. The van der Waals surface area contributed by atoms with E-state index in [-0.39, 0.29) is 6.04 Å². The van der Waals surface area contributed by atoms with E-state index in [2.05, 4.69) is 4.99 Å². The molecule has 4 N–H and O–H groups in total. The first-order valence-electron chi connectivity index (χ1n) is 4.69. The Kier molecular flexibility index (Phi) is 3.97. The number of rotatable bonds is 2. The maximum Gasteiger partial charge on any atom is 0.0529 e. The van der Waals surface area contributed by atoms with Crippen molar-refractivity contribution in [1.29, 1.82) is 0 Å². The lowest BCUT2D eigenvalue weighted by Gasteiger charge is -2.37. The Morgan fingerprint density at radius 3 is 2.50 bits per heavy atom. The lowest BCUT2D eigenvalue weighted by atomic mass is 10.2. The first-order valence-corrected chi connectivity index (χ1v) is 6.57. The predicted molar refractivity (Wildman–Crippen MR) is 62.0 cm³/mol. The van der Waals surface area contributed by atoms with Crippen molar-refractivity contribution >= 4 is 16.8 Å². The minimum atomic E-state index is -2.27. The molecule has 0 radical (unpaired) electrons. The molecule has 0 aliphatic carbocycles. The fourth-order valence-corrected chi connectivity index (χ4v) is 2.81. The summed E-state index contributed by atoms with van der Waals surface area (Å²) in [5, 5.41) is 0. The Labute approximate surface area is 86.3 Å². The van der Waals surface area contributed by atoms with Gasteiger partial charge in [0.25, 0.3) is 0 Å². The Bertz CT molecular complexity index is 241. The minimum Gasteiger partial charge on any atom is -0.404 e. The standard InChI is InChI=1S/C9H18N2O2S/c1-8(6-10)7-11-9-2-4-14(12,13)5-3-9/h6-7,9,12-13H,2-5,10H2,1H3/b8-6-,11-7?. The van der Waals surface area contributed by atoms with E-state index in [1.54, 1.807) is 6.21 Å². The highest BCUT2D eigenvalue weighted by Crippen LogP contribution is 2.44. The average molecular weight is 218 g/mol. The molecule has 1 rings (SSSR count). The van der Waals surface area contributed by atoms with Gasteiger partial charge in [0.05, 0.1) is 6.04 Å². The molecule has 0 saturated carbocycles. The first-order chi connectivity index (χ1) is 6.53. The van der Waals surface area contributed by atoms with Crippen molar-refractivity contribution in [1.82, 2.24) is 0 Å². The van der Waals surface area contributed by atoms with Gasteiger partial charge < -0.3 is 5.73 Å². The van der Waals surface area contributed by atoms with Gasteiger partial charge in [-0.1, -0.05) is 0 Å². The van der Waals surface area contributed by atoms with Gasteiger partial charge in [0.15, 0.2) is 0 Å². The van der Waals surface area contributed by atoms with Crippen molar-refractivity contribution in [3.05, 3.63) is 11.8 Å². The largest absolute Gasteiger partial charge is 0.404 e. The number of hydrogen-bond acceptors (Lipinski definition) is 4. The fourth-order valence-electron chi connectivity index (χ4n) is 1.31. The Morgan fingerprint density at radius 1 is 1.43 bits per heavy atom. The molecule has 0 aromatic carbocycles. The van der Waals surface area contributed by atoms with Gasteiger partial charge in [0.2, 0.25) is 0 Å². The van der Waals surface area contributed by atoms with Crippen LogP contribution < -0.4 is 5.73 Å². The molecular formula is C9H18N2O2S. The Morgan fingerprint density at radius 2 is 2.00 bits per heavy atom. The topological polar surface area (TPSA) is 78.8 Å². The summed E-state index contributed by atoms with van der Waals surface area (Å²) in [5.41, 5.74) is 6.23. The van der Waals surface area contributed by atoms with Crippen LogP contribution >= 0.6 is 10.6 Å². The fraction of sp³-hybridized carbons (Fsp3) is 0.667. The smallest absolute Gasteiger partial charge is 0.0529 e. The van der Waals surface area contributed by atoms with E-state index in [4.69, 9.17) is 5.73 Å². The van der Waals surface area contributed by atoms with Crippen LogP contribution in [0.5, 0.6) is 0 Å². The summed E-state index contributed by atoms with van der Waals surface area (Å²) in [6.45, 7) is 1.89. The monoisotopic (exact) mass is 218 g/mol. The molecule has 0 atom stereocenters. The predicted octanol–water partition coefficient (Wildman–Crippen LogP) is 1.83. The quantitative estimate of drug-likeness (QED) is 0.619.